The van der Waals surface area contributed by atoms with Gasteiger partial charge in [0, 0.05) is 19.1 Å². The Hall–Kier alpha value is -0.400. The van der Waals surface area contributed by atoms with Crippen molar-refractivity contribution >= 4 is 33.2 Å². The first kappa shape index (κ1) is 15.5. The van der Waals surface area contributed by atoms with Crippen molar-refractivity contribution in [3.05, 3.63) is 28.0 Å². The molecule has 0 radical (unpaired) electrons. The molecule has 0 aliphatic carbocycles. The molecule has 21 heavy (non-hydrogen) atoms. The number of fused-ring (bicyclic) bond motifs is 1. The van der Waals surface area contributed by atoms with Gasteiger partial charge in [-0.25, -0.2) is 12.8 Å². The van der Waals surface area contributed by atoms with E-state index >= 15 is 0 Å². The maximum atomic E-state index is 13.8. The van der Waals surface area contributed by atoms with Crippen molar-refractivity contribution in [1.82, 2.24) is 9.62 Å². The lowest BCUT2D eigenvalue weighted by Crippen LogP contribution is -2.48. The molecule has 2 saturated heterocycles. The first-order valence-corrected chi connectivity index (χ1v) is 8.98. The third-order valence-electron chi connectivity index (χ3n) is 4.21. The van der Waals surface area contributed by atoms with E-state index in [4.69, 9.17) is 23.2 Å². The zero-order valence-electron chi connectivity index (χ0n) is 11.2. The molecule has 0 saturated carbocycles. The summed E-state index contributed by atoms with van der Waals surface area (Å²) in [5.74, 6) is -0.582. The summed E-state index contributed by atoms with van der Waals surface area (Å²) in [5.41, 5.74) is 0. The lowest BCUT2D eigenvalue weighted by atomic mass is 9.94. The molecule has 2 aliphatic heterocycles. The van der Waals surface area contributed by atoms with Crippen LogP contribution in [0.5, 0.6) is 0 Å². The van der Waals surface area contributed by atoms with Gasteiger partial charge in [0.05, 0.1) is 10.0 Å². The quantitative estimate of drug-likeness (QED) is 0.832. The Morgan fingerprint density at radius 1 is 1.29 bits per heavy atom. The van der Waals surface area contributed by atoms with E-state index in [0.29, 0.717) is 19.0 Å². The molecule has 3 rings (SSSR count). The SMILES string of the molecule is O=S(=O)(c1ccc(Cl)c(F)c1Cl)N1CCCC2CNCC21. The van der Waals surface area contributed by atoms with Crippen LogP contribution in [-0.4, -0.2) is 38.4 Å². The maximum absolute atomic E-state index is 13.8. The number of piperidine rings is 1. The first-order chi connectivity index (χ1) is 9.93. The summed E-state index contributed by atoms with van der Waals surface area (Å²) in [5, 5.41) is 2.60. The number of sulfonamides is 1. The van der Waals surface area contributed by atoms with Crippen molar-refractivity contribution in [3.8, 4) is 0 Å². The predicted molar refractivity (Wildman–Crippen MR) is 79.7 cm³/mol. The Labute approximate surface area is 133 Å². The van der Waals surface area contributed by atoms with Crippen molar-refractivity contribution in [2.24, 2.45) is 5.92 Å². The molecular formula is C13H15Cl2FN2O2S. The molecule has 2 atom stereocenters. The van der Waals surface area contributed by atoms with Crippen LogP contribution in [0.4, 0.5) is 4.39 Å². The molecule has 1 aromatic rings. The Balaban J connectivity index is 2.02. The van der Waals surface area contributed by atoms with E-state index < -0.39 is 20.9 Å². The van der Waals surface area contributed by atoms with E-state index in [0.717, 1.165) is 19.4 Å². The number of rotatable bonds is 2. The van der Waals surface area contributed by atoms with Gasteiger partial charge < -0.3 is 5.32 Å². The Morgan fingerprint density at radius 3 is 2.81 bits per heavy atom. The fourth-order valence-corrected chi connectivity index (χ4v) is 5.60. The number of hydrogen-bond donors (Lipinski definition) is 1. The van der Waals surface area contributed by atoms with Gasteiger partial charge in [0.1, 0.15) is 4.90 Å². The van der Waals surface area contributed by atoms with Gasteiger partial charge in [0.2, 0.25) is 10.0 Å². The molecule has 2 fully saturated rings. The molecule has 1 N–H and O–H groups in total. The number of hydrogen-bond acceptors (Lipinski definition) is 3. The highest BCUT2D eigenvalue weighted by molar-refractivity contribution is 7.89. The van der Waals surface area contributed by atoms with Gasteiger partial charge in [-0.2, -0.15) is 4.31 Å². The van der Waals surface area contributed by atoms with Crippen LogP contribution < -0.4 is 5.32 Å². The van der Waals surface area contributed by atoms with Crippen LogP contribution >= 0.6 is 23.2 Å². The molecule has 116 valence electrons. The average Bonchev–Trinajstić information content (AvgIpc) is 2.92. The lowest BCUT2D eigenvalue weighted by molar-refractivity contribution is 0.217. The van der Waals surface area contributed by atoms with Crippen LogP contribution in [0.3, 0.4) is 0 Å². The smallest absolute Gasteiger partial charge is 0.244 e. The summed E-state index contributed by atoms with van der Waals surface area (Å²) in [7, 11) is -3.82. The molecule has 0 aromatic heterocycles. The highest BCUT2D eigenvalue weighted by atomic mass is 35.5. The van der Waals surface area contributed by atoms with E-state index in [1.807, 2.05) is 0 Å². The normalized spacial score (nSPS) is 26.8. The van der Waals surface area contributed by atoms with Crippen LogP contribution in [0.25, 0.3) is 0 Å². The molecule has 1 aromatic carbocycles. The number of halogens is 3. The van der Waals surface area contributed by atoms with Gasteiger partial charge in [0.15, 0.2) is 5.82 Å². The van der Waals surface area contributed by atoms with Gasteiger partial charge in [0.25, 0.3) is 0 Å². The minimum absolute atomic E-state index is 0.0847. The Bertz CT molecular complexity index is 668. The Kier molecular flexibility index (Phi) is 4.18. The molecule has 2 aliphatic rings. The summed E-state index contributed by atoms with van der Waals surface area (Å²) in [6.45, 7) is 1.88. The summed E-state index contributed by atoms with van der Waals surface area (Å²) >= 11 is 11.5. The van der Waals surface area contributed by atoms with Gasteiger partial charge in [-0.1, -0.05) is 23.2 Å². The highest BCUT2D eigenvalue weighted by Gasteiger charge is 2.42. The Morgan fingerprint density at radius 2 is 2.05 bits per heavy atom. The topological polar surface area (TPSA) is 49.4 Å². The number of nitrogens with one attached hydrogen (secondary N) is 1. The van der Waals surface area contributed by atoms with Crippen molar-refractivity contribution < 1.29 is 12.8 Å². The van der Waals surface area contributed by atoms with Gasteiger partial charge in [-0.15, -0.1) is 0 Å². The second-order valence-electron chi connectivity index (χ2n) is 5.42. The maximum Gasteiger partial charge on any atom is 0.244 e. The third kappa shape index (κ3) is 2.57. The molecule has 2 heterocycles. The first-order valence-electron chi connectivity index (χ1n) is 6.79. The molecular weight excluding hydrogens is 338 g/mol. The number of benzene rings is 1. The molecule has 0 amide bonds. The molecule has 0 spiro atoms. The average molecular weight is 353 g/mol. The molecule has 4 nitrogen and oxygen atoms in total. The van der Waals surface area contributed by atoms with Crippen LogP contribution in [0, 0.1) is 11.7 Å². The van der Waals surface area contributed by atoms with Crippen LogP contribution in [0.15, 0.2) is 17.0 Å². The van der Waals surface area contributed by atoms with Gasteiger partial charge >= 0.3 is 0 Å². The van der Waals surface area contributed by atoms with Gasteiger partial charge in [-0.3, -0.25) is 0 Å². The monoisotopic (exact) mass is 352 g/mol. The van der Waals surface area contributed by atoms with E-state index in [9.17, 15) is 12.8 Å². The van der Waals surface area contributed by atoms with Crippen LogP contribution in [0.1, 0.15) is 12.8 Å². The third-order valence-corrected chi connectivity index (χ3v) is 6.95. The summed E-state index contributed by atoms with van der Waals surface area (Å²) in [6.07, 6.45) is 1.81. The zero-order chi connectivity index (χ0) is 15.2. The second kappa shape index (κ2) is 5.66. The van der Waals surface area contributed by atoms with E-state index in [1.54, 1.807) is 0 Å². The van der Waals surface area contributed by atoms with E-state index in [2.05, 4.69) is 5.32 Å². The minimum atomic E-state index is -3.82. The van der Waals surface area contributed by atoms with Crippen molar-refractivity contribution in [1.29, 1.82) is 0 Å². The van der Waals surface area contributed by atoms with Gasteiger partial charge in [-0.05, 0) is 37.4 Å². The molecule has 8 heteroatoms. The van der Waals surface area contributed by atoms with Crippen molar-refractivity contribution in [2.45, 2.75) is 23.8 Å². The highest BCUT2D eigenvalue weighted by Crippen LogP contribution is 2.35. The minimum Gasteiger partial charge on any atom is -0.315 e. The second-order valence-corrected chi connectivity index (χ2v) is 8.06. The van der Waals surface area contributed by atoms with Crippen LogP contribution in [-0.2, 0) is 10.0 Å². The van der Waals surface area contributed by atoms with E-state index in [-0.39, 0.29) is 16.0 Å². The predicted octanol–water partition coefficient (Wildman–Crippen LogP) is 2.51. The largest absolute Gasteiger partial charge is 0.315 e. The van der Waals surface area contributed by atoms with Crippen molar-refractivity contribution in [2.75, 3.05) is 19.6 Å². The summed E-state index contributed by atoms with van der Waals surface area (Å²) in [6, 6.07) is 2.41. The summed E-state index contributed by atoms with van der Waals surface area (Å²) < 4.78 is 40.9. The number of nitrogens with zero attached hydrogens (tertiary/aromatic N) is 1. The molecule has 0 bridgehead atoms. The molecule has 2 unspecified atom stereocenters. The lowest BCUT2D eigenvalue weighted by Gasteiger charge is -2.36. The summed E-state index contributed by atoms with van der Waals surface area (Å²) in [4.78, 5) is -0.210. The van der Waals surface area contributed by atoms with Crippen LogP contribution in [0.2, 0.25) is 10.0 Å². The fraction of sp³-hybridized carbons (Fsp3) is 0.538. The zero-order valence-corrected chi connectivity index (χ0v) is 13.5. The standard InChI is InChI=1S/C13H15Cl2FN2O2S/c14-9-3-4-11(12(15)13(9)16)21(19,20)18-5-1-2-8-6-17-7-10(8)18/h3-4,8,10,17H,1-2,5-7H2. The fourth-order valence-electron chi connectivity index (χ4n) is 3.16. The van der Waals surface area contributed by atoms with E-state index in [1.165, 1.54) is 16.4 Å². The van der Waals surface area contributed by atoms with Crippen molar-refractivity contribution in [3.63, 3.8) is 0 Å².